The van der Waals surface area contributed by atoms with Crippen molar-refractivity contribution in [1.29, 1.82) is 0 Å². The number of carbonyl (C=O) groups is 1. The Bertz CT molecular complexity index is 590. The van der Waals surface area contributed by atoms with Gasteiger partial charge in [0.1, 0.15) is 4.88 Å². The third kappa shape index (κ3) is 2.51. The average Bonchev–Trinajstić information content (AvgIpc) is 2.68. The van der Waals surface area contributed by atoms with Crippen LogP contribution in [0.4, 0.5) is 0 Å². The summed E-state index contributed by atoms with van der Waals surface area (Å²) in [6.45, 7) is 4.18. The number of benzene rings is 1. The molecule has 0 aliphatic rings. The topological polar surface area (TPSA) is 26.3 Å². The van der Waals surface area contributed by atoms with Gasteiger partial charge in [-0.15, -0.1) is 23.1 Å². The number of hydrogen-bond donors (Lipinski definition) is 0. The summed E-state index contributed by atoms with van der Waals surface area (Å²) in [7, 11) is 1.40. The first kappa shape index (κ1) is 13.7. The molecular weight excluding hydrogens is 288 g/mol. The van der Waals surface area contributed by atoms with Crippen LogP contribution in [0.3, 0.4) is 0 Å². The Morgan fingerprint density at radius 2 is 2.17 bits per heavy atom. The van der Waals surface area contributed by atoms with E-state index in [1.807, 2.05) is 18.2 Å². The summed E-state index contributed by atoms with van der Waals surface area (Å²) in [6, 6.07) is 5.72. The van der Waals surface area contributed by atoms with E-state index in [1.165, 1.54) is 18.4 Å². The van der Waals surface area contributed by atoms with Crippen LogP contribution >= 0.6 is 34.7 Å². The Kier molecular flexibility index (Phi) is 4.20. The summed E-state index contributed by atoms with van der Waals surface area (Å²) in [4.78, 5) is 13.4. The summed E-state index contributed by atoms with van der Waals surface area (Å²) in [5.41, 5.74) is 0. The summed E-state index contributed by atoms with van der Waals surface area (Å²) < 4.78 is 5.86. The van der Waals surface area contributed by atoms with Crippen LogP contribution in [0.2, 0.25) is 5.02 Å². The van der Waals surface area contributed by atoms with Gasteiger partial charge in [0.2, 0.25) is 0 Å². The van der Waals surface area contributed by atoms with Crippen molar-refractivity contribution in [2.24, 2.45) is 0 Å². The molecule has 0 amide bonds. The molecular formula is C13H13ClO2S2. The molecule has 2 aromatic rings. The van der Waals surface area contributed by atoms with E-state index in [0.717, 1.165) is 15.0 Å². The number of thioether (sulfide) groups is 1. The molecule has 1 aromatic carbocycles. The minimum Gasteiger partial charge on any atom is -0.465 e. The van der Waals surface area contributed by atoms with E-state index >= 15 is 0 Å². The maximum Gasteiger partial charge on any atom is 0.349 e. The van der Waals surface area contributed by atoms with Gasteiger partial charge in [-0.05, 0) is 12.1 Å². The molecule has 0 radical (unpaired) electrons. The first-order valence-electron chi connectivity index (χ1n) is 5.50. The molecule has 0 N–H and O–H groups in total. The maximum atomic E-state index is 11.8. The predicted octanol–water partition coefficient (Wildman–Crippen LogP) is 4.84. The quantitative estimate of drug-likeness (QED) is 0.599. The molecule has 0 aliphatic carbocycles. The van der Waals surface area contributed by atoms with Gasteiger partial charge in [-0.3, -0.25) is 0 Å². The van der Waals surface area contributed by atoms with Crippen LogP contribution in [0.5, 0.6) is 0 Å². The number of ether oxygens (including phenoxy) is 1. The number of halogens is 1. The van der Waals surface area contributed by atoms with Gasteiger partial charge >= 0.3 is 5.97 Å². The SMILES string of the molecule is COC(=O)c1sc2cccc(Cl)c2c1SC(C)C. The van der Waals surface area contributed by atoms with Gasteiger partial charge < -0.3 is 4.74 Å². The summed E-state index contributed by atoms with van der Waals surface area (Å²) in [6.07, 6.45) is 0. The average molecular weight is 301 g/mol. The van der Waals surface area contributed by atoms with Gasteiger partial charge in [-0.2, -0.15) is 0 Å². The van der Waals surface area contributed by atoms with Gasteiger partial charge in [0, 0.05) is 20.2 Å². The third-order valence-electron chi connectivity index (χ3n) is 2.35. The molecule has 0 unspecified atom stereocenters. The Hall–Kier alpha value is -0.710. The fourth-order valence-corrected chi connectivity index (χ4v) is 4.41. The van der Waals surface area contributed by atoms with Crippen LogP contribution in [-0.4, -0.2) is 18.3 Å². The number of rotatable bonds is 3. The van der Waals surface area contributed by atoms with E-state index in [9.17, 15) is 4.79 Å². The molecule has 5 heteroatoms. The van der Waals surface area contributed by atoms with E-state index in [0.29, 0.717) is 15.1 Å². The number of thiophene rings is 1. The molecule has 18 heavy (non-hydrogen) atoms. The Morgan fingerprint density at radius 1 is 1.44 bits per heavy atom. The standard InChI is InChI=1S/C13H13ClO2S2/c1-7(2)17-11-10-8(14)5-4-6-9(10)18-12(11)13(15)16-3/h4-7H,1-3H3. The molecule has 0 atom stereocenters. The molecule has 0 aliphatic heterocycles. The largest absolute Gasteiger partial charge is 0.465 e. The molecule has 2 rings (SSSR count). The summed E-state index contributed by atoms with van der Waals surface area (Å²) in [5.74, 6) is -0.296. The van der Waals surface area contributed by atoms with Gasteiger partial charge in [-0.25, -0.2) is 4.79 Å². The smallest absolute Gasteiger partial charge is 0.349 e. The minimum atomic E-state index is -0.296. The van der Waals surface area contributed by atoms with Crippen LogP contribution in [0.25, 0.3) is 10.1 Å². The van der Waals surface area contributed by atoms with Gasteiger partial charge in [0.05, 0.1) is 12.1 Å². The Labute approximate surface area is 119 Å². The van der Waals surface area contributed by atoms with Crippen molar-refractivity contribution >= 4 is 50.8 Å². The lowest BCUT2D eigenvalue weighted by Crippen LogP contribution is -2.00. The number of hydrogen-bond acceptors (Lipinski definition) is 4. The van der Waals surface area contributed by atoms with Crippen molar-refractivity contribution in [3.63, 3.8) is 0 Å². The zero-order chi connectivity index (χ0) is 13.3. The van der Waals surface area contributed by atoms with Crippen molar-refractivity contribution in [3.8, 4) is 0 Å². The van der Waals surface area contributed by atoms with Crippen LogP contribution < -0.4 is 0 Å². The molecule has 1 heterocycles. The van der Waals surface area contributed by atoms with E-state index in [2.05, 4.69) is 13.8 Å². The molecule has 0 spiro atoms. The zero-order valence-corrected chi connectivity index (χ0v) is 12.7. The van der Waals surface area contributed by atoms with Crippen LogP contribution in [-0.2, 0) is 4.74 Å². The normalized spacial score (nSPS) is 11.2. The Morgan fingerprint density at radius 3 is 2.78 bits per heavy atom. The Balaban J connectivity index is 2.69. The second-order valence-corrected chi connectivity index (χ2v) is 7.08. The zero-order valence-electron chi connectivity index (χ0n) is 10.3. The van der Waals surface area contributed by atoms with Crippen LogP contribution in [0.15, 0.2) is 23.1 Å². The highest BCUT2D eigenvalue weighted by Crippen LogP contribution is 2.43. The lowest BCUT2D eigenvalue weighted by atomic mass is 10.2. The lowest BCUT2D eigenvalue weighted by Gasteiger charge is -2.06. The van der Waals surface area contributed by atoms with Crippen molar-refractivity contribution < 1.29 is 9.53 Å². The van der Waals surface area contributed by atoms with E-state index in [-0.39, 0.29) is 5.97 Å². The molecule has 0 fully saturated rings. The highest BCUT2D eigenvalue weighted by molar-refractivity contribution is 8.00. The molecule has 0 saturated carbocycles. The van der Waals surface area contributed by atoms with Gasteiger partial charge in [0.15, 0.2) is 0 Å². The second kappa shape index (κ2) is 5.51. The van der Waals surface area contributed by atoms with Crippen molar-refractivity contribution in [2.45, 2.75) is 24.0 Å². The van der Waals surface area contributed by atoms with E-state index in [1.54, 1.807) is 11.8 Å². The second-order valence-electron chi connectivity index (χ2n) is 4.03. The first-order valence-corrected chi connectivity index (χ1v) is 7.58. The summed E-state index contributed by atoms with van der Waals surface area (Å²) >= 11 is 9.33. The highest BCUT2D eigenvalue weighted by Gasteiger charge is 2.21. The maximum absolute atomic E-state index is 11.8. The van der Waals surface area contributed by atoms with Crippen LogP contribution in [0.1, 0.15) is 23.5 Å². The third-order valence-corrected chi connectivity index (χ3v) is 5.04. The van der Waals surface area contributed by atoms with Crippen molar-refractivity contribution in [1.82, 2.24) is 0 Å². The van der Waals surface area contributed by atoms with Crippen molar-refractivity contribution in [3.05, 3.63) is 28.1 Å². The lowest BCUT2D eigenvalue weighted by molar-refractivity contribution is 0.0603. The van der Waals surface area contributed by atoms with Gasteiger partial charge in [-0.1, -0.05) is 31.5 Å². The minimum absolute atomic E-state index is 0.296. The highest BCUT2D eigenvalue weighted by atomic mass is 35.5. The van der Waals surface area contributed by atoms with Gasteiger partial charge in [0.25, 0.3) is 0 Å². The number of fused-ring (bicyclic) bond motifs is 1. The predicted molar refractivity (Wildman–Crippen MR) is 79.2 cm³/mol. The molecule has 1 aromatic heterocycles. The summed E-state index contributed by atoms with van der Waals surface area (Å²) in [5, 5.41) is 2.02. The molecule has 0 bridgehead atoms. The number of methoxy groups -OCH3 is 1. The molecule has 96 valence electrons. The van der Waals surface area contributed by atoms with Crippen LogP contribution in [0, 0.1) is 0 Å². The fraction of sp³-hybridized carbons (Fsp3) is 0.308. The number of carbonyl (C=O) groups excluding carboxylic acids is 1. The van der Waals surface area contributed by atoms with E-state index in [4.69, 9.17) is 16.3 Å². The fourth-order valence-electron chi connectivity index (χ4n) is 1.65. The monoisotopic (exact) mass is 300 g/mol. The molecule has 0 saturated heterocycles. The molecule has 2 nitrogen and oxygen atoms in total. The van der Waals surface area contributed by atoms with E-state index < -0.39 is 0 Å². The number of esters is 1. The van der Waals surface area contributed by atoms with Crippen molar-refractivity contribution in [2.75, 3.05) is 7.11 Å². The first-order chi connectivity index (χ1) is 8.54.